The first-order valence-corrected chi connectivity index (χ1v) is 7.35. The topological polar surface area (TPSA) is 46.3 Å². The molecular formula is C16H15BrN2O. The Morgan fingerprint density at radius 1 is 1.20 bits per heavy atom. The number of nitrogen functional groups attached to an aromatic ring is 1. The zero-order valence-electron chi connectivity index (χ0n) is 11.0. The molecule has 0 radical (unpaired) electrons. The number of nitrogens with zero attached hydrogens (tertiary/aromatic N) is 1. The van der Waals surface area contributed by atoms with E-state index in [1.165, 1.54) is 0 Å². The van der Waals surface area contributed by atoms with Gasteiger partial charge >= 0.3 is 0 Å². The molecule has 102 valence electrons. The van der Waals surface area contributed by atoms with Gasteiger partial charge < -0.3 is 10.6 Å². The molecule has 1 aliphatic rings. The Morgan fingerprint density at radius 3 is 2.80 bits per heavy atom. The van der Waals surface area contributed by atoms with Gasteiger partial charge in [0.1, 0.15) is 0 Å². The maximum atomic E-state index is 12.5. The van der Waals surface area contributed by atoms with Crippen LogP contribution in [0.2, 0.25) is 0 Å². The highest BCUT2D eigenvalue weighted by atomic mass is 79.9. The summed E-state index contributed by atoms with van der Waals surface area (Å²) in [6, 6.07) is 13.6. The number of hydrogen-bond donors (Lipinski definition) is 1. The van der Waals surface area contributed by atoms with Crippen molar-refractivity contribution in [3.05, 3.63) is 63.6 Å². The monoisotopic (exact) mass is 330 g/mol. The van der Waals surface area contributed by atoms with Crippen molar-refractivity contribution in [2.45, 2.75) is 13.0 Å². The Hall–Kier alpha value is -1.81. The third-order valence-electron chi connectivity index (χ3n) is 3.66. The lowest BCUT2D eigenvalue weighted by molar-refractivity contribution is 0.0727. The van der Waals surface area contributed by atoms with Gasteiger partial charge in [-0.1, -0.05) is 40.2 Å². The summed E-state index contributed by atoms with van der Waals surface area (Å²) >= 11 is 3.39. The van der Waals surface area contributed by atoms with Gasteiger partial charge in [-0.05, 0) is 35.7 Å². The molecule has 0 atom stereocenters. The summed E-state index contributed by atoms with van der Waals surface area (Å²) in [4.78, 5) is 14.3. The van der Waals surface area contributed by atoms with E-state index in [0.29, 0.717) is 12.2 Å². The summed E-state index contributed by atoms with van der Waals surface area (Å²) in [5.41, 5.74) is 9.66. The van der Waals surface area contributed by atoms with E-state index in [9.17, 15) is 4.79 Å². The normalized spacial score (nSPS) is 14.2. The lowest BCUT2D eigenvalue weighted by atomic mass is 9.98. The van der Waals surface area contributed by atoms with Gasteiger partial charge in [0.05, 0.1) is 0 Å². The van der Waals surface area contributed by atoms with E-state index >= 15 is 0 Å². The summed E-state index contributed by atoms with van der Waals surface area (Å²) < 4.78 is 0.953. The summed E-state index contributed by atoms with van der Waals surface area (Å²) in [5, 5.41) is 0. The van der Waals surface area contributed by atoms with Gasteiger partial charge in [-0.3, -0.25) is 4.79 Å². The van der Waals surface area contributed by atoms with Crippen LogP contribution in [0.5, 0.6) is 0 Å². The molecule has 2 aromatic rings. The summed E-state index contributed by atoms with van der Waals surface area (Å²) in [6.07, 6.45) is 0.901. The number of carbonyl (C=O) groups excluding carboxylic acids is 1. The molecule has 0 fully saturated rings. The van der Waals surface area contributed by atoms with Gasteiger partial charge in [0.15, 0.2) is 0 Å². The van der Waals surface area contributed by atoms with Crippen molar-refractivity contribution in [1.29, 1.82) is 0 Å². The third kappa shape index (κ3) is 2.43. The zero-order chi connectivity index (χ0) is 14.1. The second kappa shape index (κ2) is 5.29. The Labute approximate surface area is 126 Å². The van der Waals surface area contributed by atoms with Crippen LogP contribution in [0.3, 0.4) is 0 Å². The molecule has 0 spiro atoms. The summed E-state index contributed by atoms with van der Waals surface area (Å²) in [7, 11) is 0. The number of halogens is 1. The van der Waals surface area contributed by atoms with Gasteiger partial charge in [-0.2, -0.15) is 0 Å². The van der Waals surface area contributed by atoms with Crippen molar-refractivity contribution < 1.29 is 4.79 Å². The fourth-order valence-electron chi connectivity index (χ4n) is 2.54. The Morgan fingerprint density at radius 2 is 2.00 bits per heavy atom. The maximum Gasteiger partial charge on any atom is 0.254 e. The van der Waals surface area contributed by atoms with E-state index in [4.69, 9.17) is 5.73 Å². The number of hydrogen-bond acceptors (Lipinski definition) is 2. The second-order valence-electron chi connectivity index (χ2n) is 4.98. The van der Waals surface area contributed by atoms with Crippen LogP contribution < -0.4 is 5.73 Å². The van der Waals surface area contributed by atoms with Gasteiger partial charge in [-0.15, -0.1) is 0 Å². The van der Waals surface area contributed by atoms with E-state index in [2.05, 4.69) is 15.9 Å². The quantitative estimate of drug-likeness (QED) is 0.859. The van der Waals surface area contributed by atoms with Crippen LogP contribution in [-0.2, 0) is 13.0 Å². The molecule has 3 rings (SSSR count). The van der Waals surface area contributed by atoms with Crippen LogP contribution in [0.15, 0.2) is 46.9 Å². The van der Waals surface area contributed by atoms with Crippen LogP contribution in [0.4, 0.5) is 5.69 Å². The molecule has 2 N–H and O–H groups in total. The summed E-state index contributed by atoms with van der Waals surface area (Å²) in [6.45, 7) is 1.30. The van der Waals surface area contributed by atoms with Crippen molar-refractivity contribution >= 4 is 27.5 Å². The fraction of sp³-hybridized carbons (Fsp3) is 0.188. The second-order valence-corrected chi connectivity index (χ2v) is 5.89. The lowest BCUT2D eigenvalue weighted by Crippen LogP contribution is -2.37. The average molecular weight is 331 g/mol. The average Bonchev–Trinajstić information content (AvgIpc) is 2.45. The predicted octanol–water partition coefficient (Wildman–Crippen LogP) is 3.23. The van der Waals surface area contributed by atoms with Crippen molar-refractivity contribution in [1.82, 2.24) is 4.90 Å². The van der Waals surface area contributed by atoms with E-state index in [0.717, 1.165) is 34.1 Å². The SMILES string of the molecule is Nc1cc(Br)ccc1CN1CCc2ccccc2C1=O. The smallest absolute Gasteiger partial charge is 0.254 e. The molecule has 0 bridgehead atoms. The number of anilines is 1. The number of amides is 1. The number of carbonyl (C=O) groups is 1. The van der Waals surface area contributed by atoms with Crippen LogP contribution in [0.1, 0.15) is 21.5 Å². The maximum absolute atomic E-state index is 12.5. The molecule has 0 aromatic heterocycles. The Bertz CT molecular complexity index is 669. The highest BCUT2D eigenvalue weighted by molar-refractivity contribution is 9.10. The van der Waals surface area contributed by atoms with Gasteiger partial charge in [0.25, 0.3) is 5.91 Å². The molecule has 1 aliphatic heterocycles. The van der Waals surface area contributed by atoms with Crippen molar-refractivity contribution in [2.75, 3.05) is 12.3 Å². The first-order valence-electron chi connectivity index (χ1n) is 6.56. The molecule has 1 amide bonds. The molecule has 1 heterocycles. The molecule has 0 aliphatic carbocycles. The van der Waals surface area contributed by atoms with Crippen molar-refractivity contribution in [3.63, 3.8) is 0 Å². The standard InChI is InChI=1S/C16H15BrN2O/c17-13-6-5-12(15(18)9-13)10-19-8-7-11-3-1-2-4-14(11)16(19)20/h1-6,9H,7-8,10,18H2. The van der Waals surface area contributed by atoms with E-state index in [1.807, 2.05) is 47.4 Å². The van der Waals surface area contributed by atoms with Crippen LogP contribution in [0, 0.1) is 0 Å². The zero-order valence-corrected chi connectivity index (χ0v) is 12.6. The molecule has 20 heavy (non-hydrogen) atoms. The van der Waals surface area contributed by atoms with Crippen LogP contribution >= 0.6 is 15.9 Å². The largest absolute Gasteiger partial charge is 0.398 e. The van der Waals surface area contributed by atoms with Gasteiger partial charge in [-0.25, -0.2) is 0 Å². The molecule has 3 nitrogen and oxygen atoms in total. The number of benzene rings is 2. The minimum Gasteiger partial charge on any atom is -0.398 e. The van der Waals surface area contributed by atoms with E-state index in [-0.39, 0.29) is 5.91 Å². The van der Waals surface area contributed by atoms with E-state index < -0.39 is 0 Å². The molecule has 4 heteroatoms. The minimum atomic E-state index is 0.0918. The molecule has 2 aromatic carbocycles. The molecule has 0 unspecified atom stereocenters. The Balaban J connectivity index is 1.85. The minimum absolute atomic E-state index is 0.0918. The number of fused-ring (bicyclic) bond motifs is 1. The van der Waals surface area contributed by atoms with Crippen LogP contribution in [0.25, 0.3) is 0 Å². The fourth-order valence-corrected chi connectivity index (χ4v) is 2.92. The van der Waals surface area contributed by atoms with Crippen molar-refractivity contribution in [3.8, 4) is 0 Å². The van der Waals surface area contributed by atoms with Gasteiger partial charge in [0.2, 0.25) is 0 Å². The van der Waals surface area contributed by atoms with Gasteiger partial charge in [0, 0.05) is 28.8 Å². The highest BCUT2D eigenvalue weighted by Crippen LogP contribution is 2.24. The first kappa shape index (κ1) is 13.2. The Kier molecular flexibility index (Phi) is 3.49. The predicted molar refractivity (Wildman–Crippen MR) is 83.4 cm³/mol. The highest BCUT2D eigenvalue weighted by Gasteiger charge is 2.24. The molecular weight excluding hydrogens is 316 g/mol. The number of nitrogens with two attached hydrogens (primary N) is 1. The molecule has 0 saturated heterocycles. The molecule has 0 saturated carbocycles. The first-order chi connectivity index (χ1) is 9.65. The van der Waals surface area contributed by atoms with E-state index in [1.54, 1.807) is 0 Å². The van der Waals surface area contributed by atoms with Crippen LogP contribution in [-0.4, -0.2) is 17.4 Å². The summed E-state index contributed by atoms with van der Waals surface area (Å²) in [5.74, 6) is 0.0918. The lowest BCUT2D eigenvalue weighted by Gasteiger charge is -2.29. The van der Waals surface area contributed by atoms with Crippen molar-refractivity contribution in [2.24, 2.45) is 0 Å². The third-order valence-corrected chi connectivity index (χ3v) is 4.15. The number of rotatable bonds is 2.